The van der Waals surface area contributed by atoms with E-state index in [9.17, 15) is 5.11 Å². The SMILES string of the molecule is CC1C2Cc3ccc(O)cc3C1(C)CCN2CCc1ccc(N=[N+]=[N-])cc1. The van der Waals surface area contributed by atoms with Crippen LogP contribution in [0.3, 0.4) is 0 Å². The normalized spacial score (nSPS) is 26.9. The zero-order valence-corrected chi connectivity index (χ0v) is 16.0. The van der Waals surface area contributed by atoms with Gasteiger partial charge in [-0.25, -0.2) is 0 Å². The smallest absolute Gasteiger partial charge is 0.115 e. The molecule has 2 bridgehead atoms. The first kappa shape index (κ1) is 17.9. The molecule has 3 atom stereocenters. The topological polar surface area (TPSA) is 72.2 Å². The van der Waals surface area contributed by atoms with Crippen molar-refractivity contribution in [2.45, 2.75) is 44.6 Å². The Morgan fingerprint density at radius 3 is 2.78 bits per heavy atom. The third-order valence-electron chi connectivity index (χ3n) is 6.89. The highest BCUT2D eigenvalue weighted by Crippen LogP contribution is 2.49. The first-order chi connectivity index (χ1) is 13.0. The number of phenolic OH excluding ortho intramolecular Hbond substituents is 1. The number of benzene rings is 2. The second-order valence-corrected chi connectivity index (χ2v) is 8.21. The highest BCUT2D eigenvalue weighted by Gasteiger charge is 2.48. The Morgan fingerprint density at radius 2 is 2.04 bits per heavy atom. The van der Waals surface area contributed by atoms with Crippen molar-refractivity contribution in [3.05, 3.63) is 69.6 Å². The second kappa shape index (κ2) is 6.91. The quantitative estimate of drug-likeness (QED) is 0.467. The lowest BCUT2D eigenvalue weighted by atomic mass is 9.59. The Morgan fingerprint density at radius 1 is 1.26 bits per heavy atom. The molecule has 1 aliphatic carbocycles. The molecule has 0 saturated carbocycles. The van der Waals surface area contributed by atoms with Gasteiger partial charge in [-0.3, -0.25) is 4.90 Å². The molecule has 3 unspecified atom stereocenters. The molecule has 5 heteroatoms. The summed E-state index contributed by atoms with van der Waals surface area (Å²) in [5.41, 5.74) is 13.3. The summed E-state index contributed by atoms with van der Waals surface area (Å²) in [6.07, 6.45) is 3.18. The van der Waals surface area contributed by atoms with E-state index in [-0.39, 0.29) is 5.41 Å². The van der Waals surface area contributed by atoms with E-state index >= 15 is 0 Å². The summed E-state index contributed by atoms with van der Waals surface area (Å²) in [5.74, 6) is 0.945. The third kappa shape index (κ3) is 3.18. The minimum absolute atomic E-state index is 0.143. The van der Waals surface area contributed by atoms with Crippen molar-refractivity contribution in [3.63, 3.8) is 0 Å². The fraction of sp³-hybridized carbons (Fsp3) is 0.455. The van der Waals surface area contributed by atoms with Gasteiger partial charge in [0, 0.05) is 23.2 Å². The average Bonchev–Trinajstić information content (AvgIpc) is 2.66. The monoisotopic (exact) mass is 362 g/mol. The van der Waals surface area contributed by atoms with E-state index in [1.807, 2.05) is 24.3 Å². The molecule has 2 aromatic carbocycles. The molecule has 27 heavy (non-hydrogen) atoms. The lowest BCUT2D eigenvalue weighted by molar-refractivity contribution is 0.0322. The van der Waals surface area contributed by atoms with Gasteiger partial charge in [0.15, 0.2) is 0 Å². The molecular weight excluding hydrogens is 336 g/mol. The van der Waals surface area contributed by atoms with Crippen LogP contribution in [0.25, 0.3) is 10.4 Å². The molecule has 1 N–H and O–H groups in total. The molecule has 1 aliphatic heterocycles. The molecule has 1 fully saturated rings. The number of aromatic hydroxyl groups is 1. The van der Waals surface area contributed by atoms with E-state index in [0.717, 1.165) is 32.4 Å². The van der Waals surface area contributed by atoms with E-state index < -0.39 is 0 Å². The predicted octanol–water partition coefficient (Wildman–Crippen LogP) is 5.10. The lowest BCUT2D eigenvalue weighted by Crippen LogP contribution is -2.58. The summed E-state index contributed by atoms with van der Waals surface area (Å²) in [6, 6.07) is 14.3. The lowest BCUT2D eigenvalue weighted by Gasteiger charge is -2.54. The molecule has 140 valence electrons. The third-order valence-corrected chi connectivity index (χ3v) is 6.89. The van der Waals surface area contributed by atoms with Crippen LogP contribution in [0.1, 0.15) is 37.0 Å². The van der Waals surface area contributed by atoms with E-state index in [1.165, 1.54) is 16.7 Å². The van der Waals surface area contributed by atoms with Gasteiger partial charge < -0.3 is 5.11 Å². The number of hydrogen-bond donors (Lipinski definition) is 1. The van der Waals surface area contributed by atoms with Gasteiger partial charge in [-0.1, -0.05) is 49.3 Å². The van der Waals surface area contributed by atoms with Gasteiger partial charge in [0.25, 0.3) is 0 Å². The zero-order chi connectivity index (χ0) is 19.0. The van der Waals surface area contributed by atoms with Crippen molar-refractivity contribution in [1.82, 2.24) is 4.90 Å². The molecule has 1 saturated heterocycles. The maximum Gasteiger partial charge on any atom is 0.115 e. The zero-order valence-electron chi connectivity index (χ0n) is 16.0. The summed E-state index contributed by atoms with van der Waals surface area (Å²) in [7, 11) is 0. The number of phenols is 1. The number of azide groups is 1. The Hall–Kier alpha value is -2.49. The molecule has 0 aromatic heterocycles. The molecule has 0 amide bonds. The predicted molar refractivity (Wildman–Crippen MR) is 107 cm³/mol. The number of fused-ring (bicyclic) bond motifs is 4. The molecule has 5 nitrogen and oxygen atoms in total. The minimum atomic E-state index is 0.143. The number of hydrogen-bond acceptors (Lipinski definition) is 3. The minimum Gasteiger partial charge on any atom is -0.508 e. The van der Waals surface area contributed by atoms with E-state index in [4.69, 9.17) is 5.53 Å². The first-order valence-corrected chi connectivity index (χ1v) is 9.72. The van der Waals surface area contributed by atoms with Crippen molar-refractivity contribution < 1.29 is 5.11 Å². The van der Waals surface area contributed by atoms with Gasteiger partial charge in [0.05, 0.1) is 0 Å². The molecule has 0 radical (unpaired) electrons. The Bertz CT molecular complexity index is 888. The van der Waals surface area contributed by atoms with Crippen LogP contribution in [0.2, 0.25) is 0 Å². The van der Waals surface area contributed by atoms with Crippen LogP contribution in [0.15, 0.2) is 47.6 Å². The summed E-state index contributed by atoms with van der Waals surface area (Å²) < 4.78 is 0. The Kier molecular flexibility index (Phi) is 4.58. The van der Waals surface area contributed by atoms with Crippen LogP contribution in [-0.2, 0) is 18.3 Å². The largest absolute Gasteiger partial charge is 0.508 e. The van der Waals surface area contributed by atoms with Crippen LogP contribution in [-0.4, -0.2) is 29.1 Å². The molecular formula is C22H26N4O. The fourth-order valence-corrected chi connectivity index (χ4v) is 5.03. The number of likely N-dealkylation sites (tertiary alicyclic amines) is 1. The summed E-state index contributed by atoms with van der Waals surface area (Å²) in [5, 5.41) is 13.6. The van der Waals surface area contributed by atoms with E-state index in [2.05, 4.69) is 47.0 Å². The maximum absolute atomic E-state index is 9.96. The molecule has 1 heterocycles. The van der Waals surface area contributed by atoms with Crippen molar-refractivity contribution in [2.75, 3.05) is 13.1 Å². The van der Waals surface area contributed by atoms with Gasteiger partial charge in [-0.05, 0) is 71.5 Å². The highest BCUT2D eigenvalue weighted by molar-refractivity contribution is 5.44. The Balaban J connectivity index is 1.50. The van der Waals surface area contributed by atoms with Crippen molar-refractivity contribution in [1.29, 1.82) is 0 Å². The molecule has 0 spiro atoms. The number of rotatable bonds is 4. The van der Waals surface area contributed by atoms with Gasteiger partial charge in [-0.15, -0.1) is 0 Å². The summed E-state index contributed by atoms with van der Waals surface area (Å²) in [6.45, 7) is 6.88. The van der Waals surface area contributed by atoms with Crippen LogP contribution < -0.4 is 0 Å². The molecule has 4 rings (SSSR count). The van der Waals surface area contributed by atoms with Crippen LogP contribution in [0.4, 0.5) is 5.69 Å². The van der Waals surface area contributed by atoms with Gasteiger partial charge in [0.1, 0.15) is 5.75 Å². The van der Waals surface area contributed by atoms with E-state index in [1.54, 1.807) is 0 Å². The van der Waals surface area contributed by atoms with Gasteiger partial charge >= 0.3 is 0 Å². The number of nitrogens with zero attached hydrogens (tertiary/aromatic N) is 4. The molecule has 2 aromatic rings. The standard InChI is InChI=1S/C22H26N4O/c1-15-21-13-17-5-8-19(27)14-20(17)22(15,2)10-12-26(21)11-9-16-3-6-18(7-4-16)24-25-23/h3-8,14-15,21,27H,9-13H2,1-2H3. The van der Waals surface area contributed by atoms with Crippen LogP contribution >= 0.6 is 0 Å². The number of piperidine rings is 1. The van der Waals surface area contributed by atoms with Gasteiger partial charge in [0.2, 0.25) is 0 Å². The van der Waals surface area contributed by atoms with Crippen molar-refractivity contribution >= 4 is 5.69 Å². The maximum atomic E-state index is 9.96. The van der Waals surface area contributed by atoms with Crippen molar-refractivity contribution in [3.8, 4) is 5.75 Å². The fourth-order valence-electron chi connectivity index (χ4n) is 5.03. The summed E-state index contributed by atoms with van der Waals surface area (Å²) >= 11 is 0. The Labute approximate surface area is 160 Å². The van der Waals surface area contributed by atoms with E-state index in [0.29, 0.717) is 23.4 Å². The highest BCUT2D eigenvalue weighted by atomic mass is 16.3. The van der Waals surface area contributed by atoms with Crippen LogP contribution in [0.5, 0.6) is 5.75 Å². The summed E-state index contributed by atoms with van der Waals surface area (Å²) in [4.78, 5) is 5.47. The molecule has 2 aliphatic rings. The van der Waals surface area contributed by atoms with Crippen molar-refractivity contribution in [2.24, 2.45) is 11.0 Å². The first-order valence-electron chi connectivity index (χ1n) is 9.72. The second-order valence-electron chi connectivity index (χ2n) is 8.21. The van der Waals surface area contributed by atoms with Crippen LogP contribution in [0, 0.1) is 5.92 Å². The van der Waals surface area contributed by atoms with Gasteiger partial charge in [-0.2, -0.15) is 0 Å². The average molecular weight is 362 g/mol.